The van der Waals surface area contributed by atoms with Crippen molar-refractivity contribution in [3.63, 3.8) is 0 Å². The second-order valence-corrected chi connectivity index (χ2v) is 5.21. The van der Waals surface area contributed by atoms with E-state index in [0.717, 1.165) is 16.9 Å². The Morgan fingerprint density at radius 3 is 2.76 bits per heavy atom. The predicted octanol–water partition coefficient (Wildman–Crippen LogP) is 3.05. The van der Waals surface area contributed by atoms with Gasteiger partial charge in [-0.05, 0) is 36.8 Å². The molecule has 1 heterocycles. The highest BCUT2D eigenvalue weighted by Crippen LogP contribution is 2.36. The summed E-state index contributed by atoms with van der Waals surface area (Å²) in [5.74, 6) is 0.953. The summed E-state index contributed by atoms with van der Waals surface area (Å²) in [6.45, 7) is 2.64. The van der Waals surface area contributed by atoms with E-state index in [1.54, 1.807) is 12.1 Å². The molecule has 0 amide bonds. The first-order chi connectivity index (χ1) is 10.2. The first kappa shape index (κ1) is 13.5. The highest BCUT2D eigenvalue weighted by atomic mass is 16.5. The van der Waals surface area contributed by atoms with Crippen LogP contribution in [-0.4, -0.2) is 11.7 Å². The zero-order valence-electron chi connectivity index (χ0n) is 11.7. The molecule has 1 aliphatic heterocycles. The minimum absolute atomic E-state index is 0.103. The minimum Gasteiger partial charge on any atom is -0.508 e. The fraction of sp³-hybridized carbons (Fsp3) is 0.235. The molecule has 2 aromatic rings. The van der Waals surface area contributed by atoms with Gasteiger partial charge in [-0.3, -0.25) is 0 Å². The van der Waals surface area contributed by atoms with Crippen molar-refractivity contribution in [3.8, 4) is 17.6 Å². The number of aromatic hydroxyl groups is 1. The maximum absolute atomic E-state index is 9.47. The molecular weight excluding hydrogens is 264 g/mol. The molecule has 0 bridgehead atoms. The summed E-state index contributed by atoms with van der Waals surface area (Å²) < 4.78 is 5.60. The maximum Gasteiger partial charge on any atom is 0.127 e. The van der Waals surface area contributed by atoms with Gasteiger partial charge in [-0.1, -0.05) is 12.1 Å². The third kappa shape index (κ3) is 2.69. The van der Waals surface area contributed by atoms with E-state index >= 15 is 0 Å². The van der Waals surface area contributed by atoms with Crippen LogP contribution in [-0.2, 0) is 0 Å². The van der Waals surface area contributed by atoms with Crippen molar-refractivity contribution in [1.82, 2.24) is 5.32 Å². The molecule has 4 nitrogen and oxygen atoms in total. The van der Waals surface area contributed by atoms with Crippen LogP contribution < -0.4 is 10.1 Å². The Bertz CT molecular complexity index is 689. The molecule has 2 atom stereocenters. The Kier molecular flexibility index (Phi) is 3.51. The smallest absolute Gasteiger partial charge is 0.127 e. The van der Waals surface area contributed by atoms with Gasteiger partial charge in [-0.15, -0.1) is 0 Å². The lowest BCUT2D eigenvalue weighted by Gasteiger charge is -2.19. The Balaban J connectivity index is 1.74. The Morgan fingerprint density at radius 2 is 2.05 bits per heavy atom. The van der Waals surface area contributed by atoms with Crippen LogP contribution >= 0.6 is 0 Å². The Labute approximate surface area is 123 Å². The number of benzene rings is 2. The van der Waals surface area contributed by atoms with E-state index < -0.39 is 0 Å². The monoisotopic (exact) mass is 280 g/mol. The van der Waals surface area contributed by atoms with Crippen molar-refractivity contribution in [2.45, 2.75) is 19.0 Å². The second kappa shape index (κ2) is 5.47. The van der Waals surface area contributed by atoms with Crippen LogP contribution in [0.4, 0.5) is 0 Å². The largest absolute Gasteiger partial charge is 0.508 e. The van der Waals surface area contributed by atoms with E-state index in [1.165, 1.54) is 0 Å². The number of hydrogen-bond acceptors (Lipinski definition) is 4. The van der Waals surface area contributed by atoms with Crippen LogP contribution in [0.15, 0.2) is 42.5 Å². The van der Waals surface area contributed by atoms with E-state index in [-0.39, 0.29) is 17.8 Å². The highest BCUT2D eigenvalue weighted by molar-refractivity contribution is 5.44. The van der Waals surface area contributed by atoms with Crippen LogP contribution in [0, 0.1) is 11.3 Å². The number of nitrogens with one attached hydrogen (secondary N) is 1. The molecule has 2 N–H and O–H groups in total. The lowest BCUT2D eigenvalue weighted by atomic mass is 10.0. The number of phenolic OH excluding ortho intramolecular Hbond substituents is 1. The molecule has 0 spiro atoms. The van der Waals surface area contributed by atoms with E-state index in [4.69, 9.17) is 10.00 Å². The molecule has 2 unspecified atom stereocenters. The molecule has 4 heteroatoms. The van der Waals surface area contributed by atoms with E-state index in [2.05, 4.69) is 18.3 Å². The normalized spacial score (nSPS) is 17.6. The topological polar surface area (TPSA) is 65.3 Å². The van der Waals surface area contributed by atoms with Gasteiger partial charge in [0.1, 0.15) is 18.1 Å². The van der Waals surface area contributed by atoms with Gasteiger partial charge in [0.25, 0.3) is 0 Å². The van der Waals surface area contributed by atoms with Crippen LogP contribution in [0.2, 0.25) is 0 Å². The zero-order valence-corrected chi connectivity index (χ0v) is 11.7. The van der Waals surface area contributed by atoms with Crippen molar-refractivity contribution in [3.05, 3.63) is 59.2 Å². The van der Waals surface area contributed by atoms with Gasteiger partial charge in [0.15, 0.2) is 0 Å². The molecule has 0 saturated carbocycles. The fourth-order valence-electron chi connectivity index (χ4n) is 2.58. The highest BCUT2D eigenvalue weighted by Gasteiger charge is 2.25. The molecule has 21 heavy (non-hydrogen) atoms. The van der Waals surface area contributed by atoms with E-state index in [9.17, 15) is 5.11 Å². The van der Waals surface area contributed by atoms with Crippen LogP contribution in [0.1, 0.15) is 35.7 Å². The zero-order chi connectivity index (χ0) is 14.8. The number of ether oxygens (including phenoxy) is 1. The molecule has 3 rings (SSSR count). The van der Waals surface area contributed by atoms with Crippen molar-refractivity contribution in [2.24, 2.45) is 0 Å². The van der Waals surface area contributed by atoms with Crippen molar-refractivity contribution in [2.75, 3.05) is 6.61 Å². The molecule has 0 radical (unpaired) electrons. The molecule has 0 saturated heterocycles. The summed E-state index contributed by atoms with van der Waals surface area (Å²) in [4.78, 5) is 0. The summed E-state index contributed by atoms with van der Waals surface area (Å²) in [6.07, 6.45) is 0. The molecular formula is C17H16N2O2. The van der Waals surface area contributed by atoms with E-state index in [1.807, 2.05) is 30.3 Å². The molecule has 0 aliphatic carbocycles. The summed E-state index contributed by atoms with van der Waals surface area (Å²) in [5.41, 5.74) is 2.85. The molecule has 2 aromatic carbocycles. The Hall–Kier alpha value is -2.51. The average Bonchev–Trinajstić information content (AvgIpc) is 2.89. The predicted molar refractivity (Wildman–Crippen MR) is 79.1 cm³/mol. The maximum atomic E-state index is 9.47. The molecule has 1 aliphatic rings. The lowest BCUT2D eigenvalue weighted by Crippen LogP contribution is -2.25. The summed E-state index contributed by atoms with van der Waals surface area (Å²) in [5, 5.41) is 21.8. The number of fused-ring (bicyclic) bond motifs is 1. The van der Waals surface area contributed by atoms with Gasteiger partial charge in [0.2, 0.25) is 0 Å². The van der Waals surface area contributed by atoms with E-state index in [0.29, 0.717) is 12.2 Å². The minimum atomic E-state index is 0.103. The van der Waals surface area contributed by atoms with Gasteiger partial charge in [-0.2, -0.15) is 5.26 Å². The average molecular weight is 280 g/mol. The standard InChI is InChI=1S/C17H16N2O2/c1-11(13-4-2-12(9-18)3-5-13)19-16-10-21-17-8-14(20)6-7-15(16)17/h2-8,11,16,19-20H,10H2,1H3. The summed E-state index contributed by atoms with van der Waals surface area (Å²) in [6, 6.07) is 15.1. The Morgan fingerprint density at radius 1 is 1.29 bits per heavy atom. The quantitative estimate of drug-likeness (QED) is 0.907. The number of rotatable bonds is 3. The van der Waals surface area contributed by atoms with Gasteiger partial charge in [0.05, 0.1) is 17.7 Å². The second-order valence-electron chi connectivity index (χ2n) is 5.21. The third-order valence-electron chi connectivity index (χ3n) is 3.77. The van der Waals surface area contributed by atoms with Crippen molar-refractivity contribution >= 4 is 0 Å². The third-order valence-corrected chi connectivity index (χ3v) is 3.77. The van der Waals surface area contributed by atoms with Crippen molar-refractivity contribution in [1.29, 1.82) is 5.26 Å². The fourth-order valence-corrected chi connectivity index (χ4v) is 2.58. The van der Waals surface area contributed by atoms with Crippen LogP contribution in [0.25, 0.3) is 0 Å². The molecule has 0 aromatic heterocycles. The van der Waals surface area contributed by atoms with Crippen molar-refractivity contribution < 1.29 is 9.84 Å². The number of nitrogens with zero attached hydrogens (tertiary/aromatic N) is 1. The number of phenols is 1. The summed E-state index contributed by atoms with van der Waals surface area (Å²) >= 11 is 0. The van der Waals surface area contributed by atoms with Gasteiger partial charge in [-0.25, -0.2) is 0 Å². The SMILES string of the molecule is CC(NC1COc2cc(O)ccc21)c1ccc(C#N)cc1. The first-order valence-electron chi connectivity index (χ1n) is 6.89. The lowest BCUT2D eigenvalue weighted by molar-refractivity contribution is 0.300. The summed E-state index contributed by atoms with van der Waals surface area (Å²) in [7, 11) is 0. The van der Waals surface area contributed by atoms with Crippen LogP contribution in [0.3, 0.4) is 0 Å². The first-order valence-corrected chi connectivity index (χ1v) is 6.89. The van der Waals surface area contributed by atoms with Gasteiger partial charge >= 0.3 is 0 Å². The van der Waals surface area contributed by atoms with Crippen LogP contribution in [0.5, 0.6) is 11.5 Å². The molecule has 0 fully saturated rings. The van der Waals surface area contributed by atoms with Gasteiger partial charge in [0, 0.05) is 17.7 Å². The van der Waals surface area contributed by atoms with Gasteiger partial charge < -0.3 is 15.2 Å². The molecule has 106 valence electrons. The number of nitriles is 1. The number of hydrogen-bond donors (Lipinski definition) is 2.